The molecule has 1 aromatic rings. The Morgan fingerprint density at radius 1 is 1.56 bits per heavy atom. The molecule has 0 bridgehead atoms. The lowest BCUT2D eigenvalue weighted by Crippen LogP contribution is -2.36. The molecule has 0 aromatic carbocycles. The number of halogens is 1. The van der Waals surface area contributed by atoms with Crippen LogP contribution in [0.3, 0.4) is 0 Å². The molecular formula is C8H12ClN3O3S. The van der Waals surface area contributed by atoms with Gasteiger partial charge in [0, 0.05) is 0 Å². The molecule has 0 aliphatic carbocycles. The smallest absolute Gasteiger partial charge is 0.315 e. The molecule has 8 heteroatoms. The number of alkyl halides is 1. The van der Waals surface area contributed by atoms with Crippen molar-refractivity contribution >= 4 is 27.5 Å². The van der Waals surface area contributed by atoms with E-state index in [1.54, 1.807) is 0 Å². The second-order valence-corrected chi connectivity index (χ2v) is 6.61. The molecule has 16 heavy (non-hydrogen) atoms. The van der Waals surface area contributed by atoms with E-state index in [0.717, 1.165) is 0 Å². The Morgan fingerprint density at radius 3 is 2.81 bits per heavy atom. The minimum atomic E-state index is -2.95. The summed E-state index contributed by atoms with van der Waals surface area (Å²) in [6, 6.07) is 0.218. The van der Waals surface area contributed by atoms with Gasteiger partial charge in [-0.15, -0.1) is 16.7 Å². The lowest BCUT2D eigenvalue weighted by atomic mass is 10.0. The number of hydrogen-bond donors (Lipinski definition) is 1. The van der Waals surface area contributed by atoms with Crippen LogP contribution in [0, 0.1) is 0 Å². The first-order valence-corrected chi connectivity index (χ1v) is 7.15. The molecule has 6 nitrogen and oxygen atoms in total. The summed E-state index contributed by atoms with van der Waals surface area (Å²) < 4.78 is 27.9. The number of hydrogen-bond acceptors (Lipinski definition) is 6. The van der Waals surface area contributed by atoms with E-state index in [-0.39, 0.29) is 23.4 Å². The Bertz CT molecular complexity index is 486. The fraction of sp³-hybridized carbons (Fsp3) is 0.750. The van der Waals surface area contributed by atoms with Gasteiger partial charge in [0.15, 0.2) is 9.84 Å². The summed E-state index contributed by atoms with van der Waals surface area (Å²) in [5, 5.41) is 10.4. The zero-order valence-corrected chi connectivity index (χ0v) is 10.3. The molecule has 1 N–H and O–H groups in total. The van der Waals surface area contributed by atoms with Crippen LogP contribution >= 0.6 is 11.6 Å². The molecule has 1 aliphatic rings. The second-order valence-electron chi connectivity index (χ2n) is 4.16. The molecule has 0 spiro atoms. The number of rotatable bonds is 3. The van der Waals surface area contributed by atoms with Gasteiger partial charge >= 0.3 is 6.01 Å². The SMILES string of the molecule is CC1(Nc2nnc(CCl)o2)CCS(=O)(=O)C1. The zero-order valence-electron chi connectivity index (χ0n) is 8.73. The third kappa shape index (κ3) is 2.46. The van der Waals surface area contributed by atoms with Crippen LogP contribution < -0.4 is 5.32 Å². The predicted octanol–water partition coefficient (Wildman–Crippen LogP) is 0.797. The van der Waals surface area contributed by atoms with E-state index in [0.29, 0.717) is 12.3 Å². The van der Waals surface area contributed by atoms with Gasteiger partial charge in [-0.3, -0.25) is 0 Å². The van der Waals surface area contributed by atoms with Crippen LogP contribution in [0.2, 0.25) is 0 Å². The molecule has 1 atom stereocenters. The van der Waals surface area contributed by atoms with Crippen LogP contribution in [0.4, 0.5) is 6.01 Å². The van der Waals surface area contributed by atoms with Gasteiger partial charge < -0.3 is 9.73 Å². The maximum absolute atomic E-state index is 11.4. The Hall–Kier alpha value is -0.820. The number of aromatic nitrogens is 2. The van der Waals surface area contributed by atoms with Crippen LogP contribution in [0.15, 0.2) is 4.42 Å². The van der Waals surface area contributed by atoms with Crippen molar-refractivity contribution in [2.75, 3.05) is 16.8 Å². The average Bonchev–Trinajstić information content (AvgIpc) is 2.71. The van der Waals surface area contributed by atoms with Gasteiger partial charge in [0.05, 0.1) is 17.0 Å². The van der Waals surface area contributed by atoms with Gasteiger partial charge in [-0.05, 0) is 13.3 Å². The highest BCUT2D eigenvalue weighted by Crippen LogP contribution is 2.26. The van der Waals surface area contributed by atoms with Crippen LogP contribution in [0.1, 0.15) is 19.2 Å². The minimum absolute atomic E-state index is 0.0819. The van der Waals surface area contributed by atoms with Gasteiger partial charge in [-0.25, -0.2) is 8.42 Å². The molecule has 1 aliphatic heterocycles. The molecule has 2 rings (SSSR count). The Morgan fingerprint density at radius 2 is 2.31 bits per heavy atom. The van der Waals surface area contributed by atoms with Crippen molar-refractivity contribution in [3.8, 4) is 0 Å². The van der Waals surface area contributed by atoms with Crippen LogP contribution in [-0.4, -0.2) is 35.7 Å². The van der Waals surface area contributed by atoms with Crippen LogP contribution in [-0.2, 0) is 15.7 Å². The lowest BCUT2D eigenvalue weighted by Gasteiger charge is -2.21. The fourth-order valence-electron chi connectivity index (χ4n) is 1.73. The predicted molar refractivity (Wildman–Crippen MR) is 59.2 cm³/mol. The summed E-state index contributed by atoms with van der Waals surface area (Å²) in [5.41, 5.74) is -0.533. The number of nitrogens with one attached hydrogen (secondary N) is 1. The number of nitrogens with zero attached hydrogens (tertiary/aromatic N) is 2. The van der Waals surface area contributed by atoms with Crippen LogP contribution in [0.25, 0.3) is 0 Å². The molecular weight excluding hydrogens is 254 g/mol. The van der Waals surface area contributed by atoms with Crippen molar-refractivity contribution < 1.29 is 12.8 Å². The van der Waals surface area contributed by atoms with E-state index in [1.165, 1.54) is 0 Å². The van der Waals surface area contributed by atoms with E-state index >= 15 is 0 Å². The molecule has 1 unspecified atom stereocenters. The highest BCUT2D eigenvalue weighted by atomic mass is 35.5. The van der Waals surface area contributed by atoms with E-state index < -0.39 is 15.4 Å². The molecule has 0 saturated carbocycles. The average molecular weight is 266 g/mol. The summed E-state index contributed by atoms with van der Waals surface area (Å²) in [6.45, 7) is 1.82. The highest BCUT2D eigenvalue weighted by Gasteiger charge is 2.39. The van der Waals surface area contributed by atoms with Crippen molar-refractivity contribution in [2.45, 2.75) is 24.8 Å². The van der Waals surface area contributed by atoms with Crippen molar-refractivity contribution in [1.29, 1.82) is 0 Å². The molecule has 1 aromatic heterocycles. The summed E-state index contributed by atoms with van der Waals surface area (Å²) in [4.78, 5) is 0. The van der Waals surface area contributed by atoms with E-state index in [1.807, 2.05) is 6.92 Å². The topological polar surface area (TPSA) is 85.1 Å². The van der Waals surface area contributed by atoms with E-state index in [2.05, 4.69) is 15.5 Å². The molecule has 0 amide bonds. The van der Waals surface area contributed by atoms with E-state index in [4.69, 9.17) is 16.0 Å². The standard InChI is InChI=1S/C8H12ClN3O3S/c1-8(2-3-16(13,14)5-8)10-7-12-11-6(4-9)15-7/h2-5H2,1H3,(H,10,12). The zero-order chi connectivity index (χ0) is 11.8. The first-order valence-electron chi connectivity index (χ1n) is 4.79. The van der Waals surface area contributed by atoms with Crippen molar-refractivity contribution in [1.82, 2.24) is 10.2 Å². The maximum atomic E-state index is 11.4. The fourth-order valence-corrected chi connectivity index (χ4v) is 3.93. The minimum Gasteiger partial charge on any atom is -0.407 e. The third-order valence-corrected chi connectivity index (χ3v) is 4.62. The van der Waals surface area contributed by atoms with E-state index in [9.17, 15) is 8.42 Å². The Labute approximate surface area is 98.3 Å². The first-order chi connectivity index (χ1) is 7.42. The van der Waals surface area contributed by atoms with Crippen molar-refractivity contribution in [2.24, 2.45) is 0 Å². The first kappa shape index (κ1) is 11.7. The quantitative estimate of drug-likeness (QED) is 0.814. The summed E-state index contributed by atoms with van der Waals surface area (Å²) >= 11 is 5.52. The maximum Gasteiger partial charge on any atom is 0.315 e. The normalized spacial score (nSPS) is 28.1. The third-order valence-electron chi connectivity index (χ3n) is 2.49. The van der Waals surface area contributed by atoms with Gasteiger partial charge in [-0.2, -0.15) is 0 Å². The highest BCUT2D eigenvalue weighted by molar-refractivity contribution is 7.91. The molecule has 2 heterocycles. The lowest BCUT2D eigenvalue weighted by molar-refractivity contribution is 0.490. The molecule has 0 radical (unpaired) electrons. The number of sulfone groups is 1. The Balaban J connectivity index is 2.10. The van der Waals surface area contributed by atoms with Gasteiger partial charge in [0.2, 0.25) is 5.89 Å². The van der Waals surface area contributed by atoms with Crippen molar-refractivity contribution in [3.05, 3.63) is 5.89 Å². The molecule has 1 fully saturated rings. The van der Waals surface area contributed by atoms with Gasteiger partial charge in [0.25, 0.3) is 0 Å². The second kappa shape index (κ2) is 3.89. The number of anilines is 1. The monoisotopic (exact) mass is 265 g/mol. The summed E-state index contributed by atoms with van der Waals surface area (Å²) in [6.07, 6.45) is 0.536. The summed E-state index contributed by atoms with van der Waals surface area (Å²) in [5.74, 6) is 0.726. The van der Waals surface area contributed by atoms with Crippen molar-refractivity contribution in [3.63, 3.8) is 0 Å². The van der Waals surface area contributed by atoms with Gasteiger partial charge in [-0.1, -0.05) is 5.10 Å². The summed E-state index contributed by atoms with van der Waals surface area (Å²) in [7, 11) is -2.95. The molecule has 90 valence electrons. The largest absolute Gasteiger partial charge is 0.407 e. The van der Waals surface area contributed by atoms with Crippen LogP contribution in [0.5, 0.6) is 0 Å². The molecule has 1 saturated heterocycles. The Kier molecular flexibility index (Phi) is 2.83. The van der Waals surface area contributed by atoms with Gasteiger partial charge in [0.1, 0.15) is 5.88 Å².